The highest BCUT2D eigenvalue weighted by molar-refractivity contribution is 5.97. The molecular weight excluding hydrogens is 1430 g/mol. The Morgan fingerprint density at radius 1 is 0.152 bits per heavy atom. The van der Waals surface area contributed by atoms with Crippen molar-refractivity contribution in [3.8, 4) is 33.4 Å². The third-order valence-electron chi connectivity index (χ3n) is 17.0. The van der Waals surface area contributed by atoms with E-state index in [1.165, 1.54) is 72.9 Å². The van der Waals surface area contributed by atoms with E-state index in [1.54, 1.807) is 274 Å². The Balaban J connectivity index is 0.947. The number of benzene rings is 12. The van der Waals surface area contributed by atoms with E-state index in [1.807, 2.05) is 0 Å². The monoisotopic (exact) mass is 1470 g/mol. The number of carbonyl (C=O) groups excluding carboxylic acids is 12. The van der Waals surface area contributed by atoms with Gasteiger partial charge < -0.3 is 19.6 Å². The first-order valence-electron chi connectivity index (χ1n) is 32.6. The molecule has 530 valence electrons. The minimum Gasteiger partial charge on any atom is -0.310 e. The van der Waals surface area contributed by atoms with Crippen molar-refractivity contribution in [2.24, 2.45) is 59.9 Å². The second kappa shape index (κ2) is 35.3. The third-order valence-corrected chi connectivity index (χ3v) is 17.0. The van der Waals surface area contributed by atoms with Crippen LogP contribution in [0.2, 0.25) is 0 Å². The highest BCUT2D eigenvalue weighted by Crippen LogP contribution is 2.51. The molecule has 0 aromatic heterocycles. The van der Waals surface area contributed by atoms with Crippen molar-refractivity contribution in [2.75, 3.05) is 19.6 Å². The summed E-state index contributed by atoms with van der Waals surface area (Å²) in [6.45, 7) is 0. The molecule has 0 unspecified atom stereocenters. The molecule has 28 heteroatoms. The lowest BCUT2D eigenvalue weighted by atomic mass is 9.98. The summed E-state index contributed by atoms with van der Waals surface area (Å²) in [6.07, 6.45) is 18.8. The Morgan fingerprint density at radius 3 is 0.500 bits per heavy atom. The largest absolute Gasteiger partial charge is 0.310 e. The Bertz CT molecular complexity index is 6300. The molecule has 12 rings (SSSR count). The molecule has 112 heavy (non-hydrogen) atoms. The maximum atomic E-state index is 12.6. The number of aliphatic imine (C=N–C) groups is 12. The zero-order valence-corrected chi connectivity index (χ0v) is 57.3. The summed E-state index contributed by atoms with van der Waals surface area (Å²) in [5, 5.41) is 0. The number of hydrogen-bond donors (Lipinski definition) is 0. The molecule has 0 radical (unpaired) electrons. The van der Waals surface area contributed by atoms with Gasteiger partial charge in [-0.1, -0.05) is 42.5 Å². The summed E-state index contributed by atoms with van der Waals surface area (Å²) in [4.78, 5) is 196. The van der Waals surface area contributed by atoms with Crippen LogP contribution in [0.25, 0.3) is 33.4 Å². The maximum absolute atomic E-state index is 12.6. The molecule has 0 bridgehead atoms. The maximum Gasteiger partial charge on any atom is 0.240 e. The lowest BCUT2D eigenvalue weighted by molar-refractivity contribution is 0.564. The quantitative estimate of drug-likeness (QED) is 0.0341. The fourth-order valence-electron chi connectivity index (χ4n) is 12.4. The van der Waals surface area contributed by atoms with Gasteiger partial charge in [-0.15, -0.1) is 0 Å². The first-order chi connectivity index (χ1) is 55.0. The fourth-order valence-corrected chi connectivity index (χ4v) is 12.4. The molecule has 12 aromatic carbocycles. The second-order valence-corrected chi connectivity index (χ2v) is 23.1. The van der Waals surface area contributed by atoms with Crippen LogP contribution >= 0.6 is 0 Å². The summed E-state index contributed by atoms with van der Waals surface area (Å²) in [5.41, 5.74) is 8.75. The van der Waals surface area contributed by atoms with Crippen molar-refractivity contribution in [1.82, 2.24) is 0 Å². The van der Waals surface area contributed by atoms with Crippen LogP contribution in [0.1, 0.15) is 0 Å². The van der Waals surface area contributed by atoms with Crippen LogP contribution in [0.15, 0.2) is 315 Å². The van der Waals surface area contributed by atoms with Gasteiger partial charge in [0.2, 0.25) is 73.0 Å². The Hall–Kier alpha value is -17.6. The number of hydrogen-bond acceptors (Lipinski definition) is 28. The molecule has 28 nitrogen and oxygen atoms in total. The molecule has 0 spiro atoms. The molecule has 0 aliphatic heterocycles. The van der Waals surface area contributed by atoms with Gasteiger partial charge >= 0.3 is 0 Å². The number of nitrogens with zero attached hydrogens (tertiary/aromatic N) is 16. The van der Waals surface area contributed by atoms with E-state index in [9.17, 15) is 57.5 Å². The average molecular weight is 1470 g/mol. The van der Waals surface area contributed by atoms with Crippen molar-refractivity contribution in [2.45, 2.75) is 0 Å². The Morgan fingerprint density at radius 2 is 0.312 bits per heavy atom. The lowest BCUT2D eigenvalue weighted by Crippen LogP contribution is -2.10. The molecule has 0 atom stereocenters. The van der Waals surface area contributed by atoms with Crippen LogP contribution in [0.5, 0.6) is 0 Å². The van der Waals surface area contributed by atoms with Crippen molar-refractivity contribution in [3.05, 3.63) is 255 Å². The standard InChI is InChI=1S/C84H42N16O12/c101-43-85-55-4-14-61(15-5-55)97(62-16-6-56(7-17-62)86-44-102)67-24-30-73(79(37-67)91-49-107)75-32-26-69(39-81(75)93-51-109)99(64-20-10-58(11-21-64)88-46-104)71-28-34-77(83(41-71)95-53-111)78-35-29-72(42-84(78)96-54-112)100(65-22-12-59(13-23-65)89-47-105)70-27-33-76(82(40-70)94-52-110)74-31-25-68(38-80(74)92-50-108)98(63-18-8-57(9-19-63)87-45-103)66-3-1-2-60(36-66)90-48-106/h1-42H. The highest BCUT2D eigenvalue weighted by Gasteiger charge is 2.25. The summed E-state index contributed by atoms with van der Waals surface area (Å²) in [5.74, 6) is 0. The van der Waals surface area contributed by atoms with Crippen molar-refractivity contribution < 1.29 is 57.5 Å². The van der Waals surface area contributed by atoms with Gasteiger partial charge in [0.1, 0.15) is 0 Å². The van der Waals surface area contributed by atoms with Crippen LogP contribution in [0.3, 0.4) is 0 Å². The Labute approximate surface area is 631 Å². The van der Waals surface area contributed by atoms with Crippen molar-refractivity contribution in [3.63, 3.8) is 0 Å². The minimum atomic E-state index is -0.00862. The normalized spacial score (nSPS) is 9.96. The van der Waals surface area contributed by atoms with E-state index in [2.05, 4.69) is 59.9 Å². The van der Waals surface area contributed by atoms with Crippen LogP contribution in [0.4, 0.5) is 136 Å². The van der Waals surface area contributed by atoms with E-state index in [0.29, 0.717) is 102 Å². The zero-order valence-electron chi connectivity index (χ0n) is 57.3. The number of anilines is 12. The first kappa shape index (κ1) is 74.1. The third kappa shape index (κ3) is 16.5. The van der Waals surface area contributed by atoms with E-state index in [-0.39, 0.29) is 67.9 Å². The summed E-state index contributed by atoms with van der Waals surface area (Å²) in [7, 11) is 0. The molecule has 0 amide bonds. The van der Waals surface area contributed by atoms with E-state index in [0.717, 1.165) is 0 Å². The summed E-state index contributed by atoms with van der Waals surface area (Å²) >= 11 is 0. The molecule has 0 saturated heterocycles. The second-order valence-electron chi connectivity index (χ2n) is 23.1. The molecular formula is C84H42N16O12. The van der Waals surface area contributed by atoms with Crippen molar-refractivity contribution in [1.29, 1.82) is 0 Å². The van der Waals surface area contributed by atoms with Gasteiger partial charge in [0.15, 0.2) is 0 Å². The number of isocyanates is 12. The van der Waals surface area contributed by atoms with Crippen LogP contribution in [-0.4, -0.2) is 73.0 Å². The summed E-state index contributed by atoms with van der Waals surface area (Å²) in [6, 6.07) is 68.0. The molecule has 0 saturated carbocycles. The lowest BCUT2D eigenvalue weighted by Gasteiger charge is -2.28. The van der Waals surface area contributed by atoms with Gasteiger partial charge in [0.05, 0.1) is 68.2 Å². The number of rotatable bonds is 27. The van der Waals surface area contributed by atoms with Gasteiger partial charge in [-0.3, -0.25) is 0 Å². The van der Waals surface area contributed by atoms with Gasteiger partial charge in [0.25, 0.3) is 0 Å². The predicted molar refractivity (Wildman–Crippen MR) is 415 cm³/mol. The fraction of sp³-hybridized carbons (Fsp3) is 0. The van der Waals surface area contributed by atoms with E-state index >= 15 is 0 Å². The molecule has 0 heterocycles. The van der Waals surface area contributed by atoms with E-state index in [4.69, 9.17) is 0 Å². The smallest absolute Gasteiger partial charge is 0.240 e. The van der Waals surface area contributed by atoms with Crippen LogP contribution in [0, 0.1) is 0 Å². The van der Waals surface area contributed by atoms with Gasteiger partial charge in [-0.2, -0.15) is 59.9 Å². The van der Waals surface area contributed by atoms with Gasteiger partial charge in [-0.05, 0) is 212 Å². The summed E-state index contributed by atoms with van der Waals surface area (Å²) < 4.78 is 0. The highest BCUT2D eigenvalue weighted by atomic mass is 16.1. The average Bonchev–Trinajstić information content (AvgIpc) is 0.772. The molecule has 12 aromatic rings. The van der Waals surface area contributed by atoms with Crippen molar-refractivity contribution >= 4 is 209 Å². The van der Waals surface area contributed by atoms with Gasteiger partial charge in [0, 0.05) is 102 Å². The van der Waals surface area contributed by atoms with Crippen LogP contribution < -0.4 is 19.6 Å². The van der Waals surface area contributed by atoms with Gasteiger partial charge in [-0.25, -0.2) is 57.5 Å². The molecule has 0 aliphatic rings. The molecule has 0 fully saturated rings. The topological polar surface area (TPSA) is 366 Å². The van der Waals surface area contributed by atoms with Crippen LogP contribution in [-0.2, 0) is 57.5 Å². The first-order valence-corrected chi connectivity index (χ1v) is 32.6. The predicted octanol–water partition coefficient (Wildman–Crippen LogP) is 20.2. The zero-order chi connectivity index (χ0) is 78.3. The SMILES string of the molecule is O=C=Nc1ccc(N(c2ccc(N=C=O)cc2)c2ccc(-c3ccc(N(c4ccc(N=C=O)cc4)c4ccc(-c5ccc(N(c6ccc(N=C=O)cc6)c6ccc(-c7ccc(N(c8ccc(N=C=O)cc8)c8cccc(N=C=O)c8)cc7N=C=O)c(N=C=O)c6)cc5N=C=O)c(N=C=O)c4)cc3N=C=O)c(N=C=O)c2)cc1. The Kier molecular flexibility index (Phi) is 23.3. The molecule has 0 aliphatic carbocycles. The molecule has 0 N–H and O–H groups in total. The van der Waals surface area contributed by atoms with E-state index < -0.39 is 0 Å². The minimum absolute atomic E-state index is 0.00789.